The van der Waals surface area contributed by atoms with Crippen LogP contribution in [0.2, 0.25) is 0 Å². The van der Waals surface area contributed by atoms with Gasteiger partial charge in [-0.1, -0.05) is 29.8 Å². The van der Waals surface area contributed by atoms with Gasteiger partial charge in [-0.3, -0.25) is 4.99 Å². The zero-order chi connectivity index (χ0) is 14.9. The Labute approximate surface area is 123 Å². The molecular formula is C14H17N3O3S. The summed E-state index contributed by atoms with van der Waals surface area (Å²) >= 11 is 0. The minimum atomic E-state index is -3.52. The maximum absolute atomic E-state index is 12.5. The summed E-state index contributed by atoms with van der Waals surface area (Å²) in [5.41, 5.74) is 4.88. The van der Waals surface area contributed by atoms with Crippen molar-refractivity contribution < 1.29 is 13.2 Å². The van der Waals surface area contributed by atoms with Gasteiger partial charge >= 0.3 is 0 Å². The monoisotopic (exact) mass is 307 g/mol. The number of hydrogen-bond acceptors (Lipinski definition) is 6. The van der Waals surface area contributed by atoms with Crippen LogP contribution >= 0.6 is 0 Å². The van der Waals surface area contributed by atoms with Crippen LogP contribution in [0.5, 0.6) is 0 Å². The maximum Gasteiger partial charge on any atom is 0.203 e. The van der Waals surface area contributed by atoms with Gasteiger partial charge in [-0.15, -0.1) is 0 Å². The van der Waals surface area contributed by atoms with Crippen molar-refractivity contribution in [2.24, 2.45) is 10.1 Å². The van der Waals surface area contributed by atoms with Crippen molar-refractivity contribution in [2.45, 2.75) is 12.8 Å². The molecule has 2 aliphatic rings. The highest BCUT2D eigenvalue weighted by Crippen LogP contribution is 2.24. The number of ether oxygens (including phenoxy) is 1. The van der Waals surface area contributed by atoms with E-state index in [0.29, 0.717) is 19.7 Å². The van der Waals surface area contributed by atoms with E-state index in [2.05, 4.69) is 15.5 Å². The Morgan fingerprint density at radius 3 is 2.76 bits per heavy atom. The molecule has 0 fully saturated rings. The summed E-state index contributed by atoms with van der Waals surface area (Å²) in [5.74, 6) is -0.180. The van der Waals surface area contributed by atoms with Gasteiger partial charge < -0.3 is 10.2 Å². The molecule has 2 aliphatic heterocycles. The van der Waals surface area contributed by atoms with Crippen molar-refractivity contribution in [3.8, 4) is 0 Å². The lowest BCUT2D eigenvalue weighted by atomic mass is 10.00. The number of nitrogens with one attached hydrogen (secondary N) is 1. The molecule has 0 spiro atoms. The zero-order valence-electron chi connectivity index (χ0n) is 11.7. The van der Waals surface area contributed by atoms with Crippen LogP contribution in [0.15, 0.2) is 34.4 Å². The Balaban J connectivity index is 1.84. The largest absolute Gasteiger partial charge is 0.478 e. The molecule has 1 unspecified atom stereocenters. The molecule has 112 valence electrons. The van der Waals surface area contributed by atoms with Crippen LogP contribution in [0.25, 0.3) is 0 Å². The van der Waals surface area contributed by atoms with Crippen molar-refractivity contribution in [1.29, 1.82) is 0 Å². The average Bonchev–Trinajstić information content (AvgIpc) is 3.10. The number of hydrogen-bond donors (Lipinski definition) is 1. The van der Waals surface area contributed by atoms with Crippen molar-refractivity contribution in [2.75, 3.05) is 25.4 Å². The van der Waals surface area contributed by atoms with E-state index in [1.54, 1.807) is 0 Å². The predicted octanol–water partition coefficient (Wildman–Crippen LogP) is 0.839. The number of aliphatic imine (C=N–C) groups is 1. The Kier molecular flexibility index (Phi) is 3.67. The SMILES string of the molecule is Cc1ccc(C2CNN=C2S(=O)(=O)CC2=NCCO2)cc1. The van der Waals surface area contributed by atoms with E-state index >= 15 is 0 Å². The lowest BCUT2D eigenvalue weighted by Gasteiger charge is -2.13. The Morgan fingerprint density at radius 1 is 1.33 bits per heavy atom. The maximum atomic E-state index is 12.5. The molecule has 0 aromatic heterocycles. The Hall–Kier alpha value is -1.89. The van der Waals surface area contributed by atoms with E-state index in [4.69, 9.17) is 4.74 Å². The molecule has 7 heteroatoms. The van der Waals surface area contributed by atoms with Crippen molar-refractivity contribution in [3.05, 3.63) is 35.4 Å². The van der Waals surface area contributed by atoms with Crippen LogP contribution in [-0.4, -0.2) is 44.8 Å². The lowest BCUT2D eigenvalue weighted by Crippen LogP contribution is -2.28. The minimum Gasteiger partial charge on any atom is -0.478 e. The van der Waals surface area contributed by atoms with E-state index in [9.17, 15) is 8.42 Å². The van der Waals surface area contributed by atoms with Gasteiger partial charge in [0, 0.05) is 6.54 Å². The Bertz CT molecular complexity index is 693. The lowest BCUT2D eigenvalue weighted by molar-refractivity contribution is 0.345. The summed E-state index contributed by atoms with van der Waals surface area (Å²) in [7, 11) is -3.52. The fraction of sp³-hybridized carbons (Fsp3) is 0.429. The van der Waals surface area contributed by atoms with Crippen LogP contribution in [0, 0.1) is 6.92 Å². The predicted molar refractivity (Wildman–Crippen MR) is 81.4 cm³/mol. The van der Waals surface area contributed by atoms with Gasteiger partial charge in [-0.2, -0.15) is 5.10 Å². The molecule has 1 aromatic rings. The summed E-state index contributed by atoms with van der Waals surface area (Å²) in [6.07, 6.45) is 0. The second-order valence-corrected chi connectivity index (χ2v) is 7.10. The van der Waals surface area contributed by atoms with E-state index in [0.717, 1.165) is 11.1 Å². The molecule has 1 aromatic carbocycles. The number of sulfone groups is 1. The van der Waals surface area contributed by atoms with Crippen LogP contribution in [-0.2, 0) is 14.6 Å². The van der Waals surface area contributed by atoms with Gasteiger partial charge in [-0.25, -0.2) is 8.42 Å². The van der Waals surface area contributed by atoms with Crippen molar-refractivity contribution in [1.82, 2.24) is 5.43 Å². The fourth-order valence-electron chi connectivity index (χ4n) is 2.43. The average molecular weight is 307 g/mol. The molecule has 2 heterocycles. The zero-order valence-corrected chi connectivity index (χ0v) is 12.6. The minimum absolute atomic E-state index is 0.171. The second-order valence-electron chi connectivity index (χ2n) is 5.16. The number of hydrazone groups is 1. The van der Waals surface area contributed by atoms with Gasteiger partial charge in [0.15, 0.2) is 10.9 Å². The Morgan fingerprint density at radius 2 is 2.10 bits per heavy atom. The second kappa shape index (κ2) is 5.48. The van der Waals surface area contributed by atoms with Crippen molar-refractivity contribution in [3.63, 3.8) is 0 Å². The van der Waals surface area contributed by atoms with Crippen LogP contribution in [0.1, 0.15) is 17.0 Å². The molecule has 1 N–H and O–H groups in total. The van der Waals surface area contributed by atoms with Crippen molar-refractivity contribution >= 4 is 20.8 Å². The van der Waals surface area contributed by atoms with Crippen LogP contribution in [0.3, 0.4) is 0 Å². The quantitative estimate of drug-likeness (QED) is 0.897. The summed E-state index contributed by atoms with van der Waals surface area (Å²) in [5, 5.41) is 4.17. The molecule has 0 amide bonds. The third kappa shape index (κ3) is 2.92. The number of rotatable bonds is 3. The summed E-state index contributed by atoms with van der Waals surface area (Å²) in [4.78, 5) is 4.04. The summed E-state index contributed by atoms with van der Waals surface area (Å²) in [6, 6.07) is 7.84. The van der Waals surface area contributed by atoms with Gasteiger partial charge in [0.05, 0.1) is 12.5 Å². The number of benzene rings is 1. The molecule has 0 bridgehead atoms. The van der Waals surface area contributed by atoms with E-state index in [1.807, 2.05) is 31.2 Å². The summed E-state index contributed by atoms with van der Waals surface area (Å²) in [6.45, 7) is 3.47. The molecule has 21 heavy (non-hydrogen) atoms. The number of aryl methyl sites for hydroxylation is 1. The number of nitrogens with zero attached hydrogens (tertiary/aromatic N) is 2. The van der Waals surface area contributed by atoms with Gasteiger partial charge in [0.2, 0.25) is 9.84 Å². The van der Waals surface area contributed by atoms with E-state index in [1.165, 1.54) is 0 Å². The smallest absolute Gasteiger partial charge is 0.203 e. The highest BCUT2D eigenvalue weighted by molar-refractivity contribution is 8.07. The van der Waals surface area contributed by atoms with E-state index in [-0.39, 0.29) is 22.6 Å². The molecule has 0 radical (unpaired) electrons. The topological polar surface area (TPSA) is 80.1 Å². The molecular weight excluding hydrogens is 290 g/mol. The molecule has 1 atom stereocenters. The molecule has 3 rings (SSSR count). The van der Waals surface area contributed by atoms with E-state index < -0.39 is 9.84 Å². The molecule has 0 saturated carbocycles. The molecule has 6 nitrogen and oxygen atoms in total. The fourth-order valence-corrected chi connectivity index (χ4v) is 3.93. The first kappa shape index (κ1) is 14.1. The first-order chi connectivity index (χ1) is 10.1. The van der Waals surface area contributed by atoms with Gasteiger partial charge in [0.25, 0.3) is 0 Å². The third-order valence-corrected chi connectivity index (χ3v) is 5.18. The van der Waals surface area contributed by atoms with Crippen LogP contribution < -0.4 is 5.43 Å². The first-order valence-electron chi connectivity index (χ1n) is 6.82. The molecule has 0 saturated heterocycles. The van der Waals surface area contributed by atoms with Crippen LogP contribution in [0.4, 0.5) is 0 Å². The first-order valence-corrected chi connectivity index (χ1v) is 8.47. The highest BCUT2D eigenvalue weighted by atomic mass is 32.2. The standard InChI is InChI=1S/C14H17N3O3S/c1-10-2-4-11(5-3-10)12-8-16-17-14(12)21(18,19)9-13-15-6-7-20-13/h2-5,12,16H,6-9H2,1H3. The third-order valence-electron chi connectivity index (χ3n) is 3.54. The summed E-state index contributed by atoms with van der Waals surface area (Å²) < 4.78 is 30.2. The normalized spacial score (nSPS) is 21.5. The van der Waals surface area contributed by atoms with Gasteiger partial charge in [-0.05, 0) is 12.5 Å². The molecule has 0 aliphatic carbocycles. The van der Waals surface area contributed by atoms with Gasteiger partial charge in [0.1, 0.15) is 12.4 Å². The highest BCUT2D eigenvalue weighted by Gasteiger charge is 2.35.